The summed E-state index contributed by atoms with van der Waals surface area (Å²) in [5.74, 6) is 1.62. The molecule has 0 bridgehead atoms. The molecule has 0 unspecified atom stereocenters. The lowest BCUT2D eigenvalue weighted by Crippen LogP contribution is -2.17. The van der Waals surface area contributed by atoms with Crippen LogP contribution in [0, 0.1) is 0 Å². The highest BCUT2D eigenvalue weighted by Gasteiger charge is 2.10. The predicted molar refractivity (Wildman–Crippen MR) is 144 cm³/mol. The van der Waals surface area contributed by atoms with Crippen LogP contribution in [0.3, 0.4) is 0 Å². The summed E-state index contributed by atoms with van der Waals surface area (Å²) >= 11 is 17.4. The SMILES string of the molecule is Cl.Clc1ccc(COc2ccc(Br)cc2CNCCSc2nnnn2-c2ccccc2)c(Cl)c1. The van der Waals surface area contributed by atoms with Gasteiger partial charge in [0.25, 0.3) is 0 Å². The molecule has 0 saturated heterocycles. The highest BCUT2D eigenvalue weighted by Crippen LogP contribution is 2.27. The van der Waals surface area contributed by atoms with Crippen molar-refractivity contribution in [3.8, 4) is 11.4 Å². The number of para-hydroxylation sites is 1. The van der Waals surface area contributed by atoms with E-state index in [0.717, 1.165) is 44.5 Å². The lowest BCUT2D eigenvalue weighted by atomic mass is 10.2. The Balaban J connectivity index is 0.00000324. The smallest absolute Gasteiger partial charge is 0.214 e. The molecule has 11 heteroatoms. The number of aromatic nitrogens is 4. The summed E-state index contributed by atoms with van der Waals surface area (Å²) in [5, 5.41) is 17.4. The first-order valence-corrected chi connectivity index (χ1v) is 12.7. The molecule has 6 nitrogen and oxygen atoms in total. The van der Waals surface area contributed by atoms with E-state index < -0.39 is 0 Å². The van der Waals surface area contributed by atoms with Crippen molar-refractivity contribution in [2.24, 2.45) is 0 Å². The van der Waals surface area contributed by atoms with Gasteiger partial charge in [-0.05, 0) is 52.9 Å². The summed E-state index contributed by atoms with van der Waals surface area (Å²) < 4.78 is 8.79. The van der Waals surface area contributed by atoms with Gasteiger partial charge in [-0.15, -0.1) is 17.5 Å². The summed E-state index contributed by atoms with van der Waals surface area (Å²) in [6.07, 6.45) is 0. The Hall–Kier alpha value is -1.81. The van der Waals surface area contributed by atoms with Crippen molar-refractivity contribution in [2.45, 2.75) is 18.3 Å². The summed E-state index contributed by atoms with van der Waals surface area (Å²) in [6.45, 7) is 1.80. The molecule has 0 saturated carbocycles. The minimum Gasteiger partial charge on any atom is -0.489 e. The number of tetrazole rings is 1. The second kappa shape index (κ2) is 13.3. The number of halogens is 4. The Morgan fingerprint density at radius 2 is 1.82 bits per heavy atom. The zero-order chi connectivity index (χ0) is 23.0. The molecule has 1 heterocycles. The minimum absolute atomic E-state index is 0. The summed E-state index contributed by atoms with van der Waals surface area (Å²) in [5.41, 5.74) is 2.87. The third kappa shape index (κ3) is 7.34. The third-order valence-electron chi connectivity index (χ3n) is 4.69. The van der Waals surface area contributed by atoms with Crippen molar-refractivity contribution in [3.63, 3.8) is 0 Å². The molecule has 4 rings (SSSR count). The molecule has 1 aromatic heterocycles. The van der Waals surface area contributed by atoms with Crippen LogP contribution in [0.1, 0.15) is 11.1 Å². The molecule has 1 N–H and O–H groups in total. The number of nitrogens with zero attached hydrogens (tertiary/aromatic N) is 4. The van der Waals surface area contributed by atoms with E-state index in [9.17, 15) is 0 Å². The molecule has 0 atom stereocenters. The van der Waals surface area contributed by atoms with E-state index >= 15 is 0 Å². The average molecular weight is 602 g/mol. The van der Waals surface area contributed by atoms with Gasteiger partial charge in [0, 0.05) is 44.5 Å². The molecule has 0 amide bonds. The highest BCUT2D eigenvalue weighted by molar-refractivity contribution is 9.10. The van der Waals surface area contributed by atoms with E-state index in [0.29, 0.717) is 23.2 Å². The van der Waals surface area contributed by atoms with Crippen LogP contribution in [0.15, 0.2) is 76.4 Å². The van der Waals surface area contributed by atoms with Gasteiger partial charge in [0.15, 0.2) is 0 Å². The number of thioether (sulfide) groups is 1. The first-order chi connectivity index (χ1) is 16.1. The Kier molecular flexibility index (Phi) is 10.5. The van der Waals surface area contributed by atoms with Crippen LogP contribution in [-0.2, 0) is 13.2 Å². The predicted octanol–water partition coefficient (Wildman–Crippen LogP) is 6.61. The second-order valence-corrected chi connectivity index (χ2v) is 9.83. The molecule has 0 aliphatic carbocycles. The van der Waals surface area contributed by atoms with Gasteiger partial charge in [-0.2, -0.15) is 4.68 Å². The quantitative estimate of drug-likeness (QED) is 0.163. The van der Waals surface area contributed by atoms with Crippen molar-refractivity contribution in [2.75, 3.05) is 12.3 Å². The van der Waals surface area contributed by atoms with E-state index in [1.54, 1.807) is 22.5 Å². The van der Waals surface area contributed by atoms with E-state index in [1.165, 1.54) is 0 Å². The number of ether oxygens (including phenoxy) is 1. The Labute approximate surface area is 226 Å². The van der Waals surface area contributed by atoms with Crippen LogP contribution in [0.5, 0.6) is 5.75 Å². The standard InChI is InChI=1S/C23H20BrCl2N5OS.ClH/c24-18-7-9-22(32-15-16-6-8-19(25)13-21(16)26)17(12-18)14-27-10-11-33-23-28-29-30-31(23)20-4-2-1-3-5-20;/h1-9,12-13,27H,10-11,14-15H2;1H. The van der Waals surface area contributed by atoms with Crippen LogP contribution >= 0.6 is 63.3 Å². The van der Waals surface area contributed by atoms with Gasteiger partial charge < -0.3 is 10.1 Å². The fourth-order valence-corrected chi connectivity index (χ4v) is 4.72. The zero-order valence-corrected chi connectivity index (χ0v) is 22.6. The van der Waals surface area contributed by atoms with E-state index in [2.05, 4.69) is 42.8 Å². The highest BCUT2D eigenvalue weighted by atomic mass is 79.9. The van der Waals surface area contributed by atoms with Crippen molar-refractivity contribution in [1.82, 2.24) is 25.5 Å². The van der Waals surface area contributed by atoms with Gasteiger partial charge in [0.05, 0.1) is 5.69 Å². The van der Waals surface area contributed by atoms with Crippen molar-refractivity contribution in [3.05, 3.63) is 92.4 Å². The fraction of sp³-hybridized carbons (Fsp3) is 0.174. The van der Waals surface area contributed by atoms with E-state index in [1.807, 2.05) is 54.6 Å². The Morgan fingerprint density at radius 3 is 2.62 bits per heavy atom. The van der Waals surface area contributed by atoms with Crippen molar-refractivity contribution in [1.29, 1.82) is 0 Å². The van der Waals surface area contributed by atoms with Crippen LogP contribution < -0.4 is 10.1 Å². The van der Waals surface area contributed by atoms with Crippen molar-refractivity contribution >= 4 is 63.3 Å². The van der Waals surface area contributed by atoms with E-state index in [-0.39, 0.29) is 12.4 Å². The molecule has 3 aromatic carbocycles. The molecule has 0 spiro atoms. The maximum atomic E-state index is 6.27. The van der Waals surface area contributed by atoms with Gasteiger partial charge in [0.2, 0.25) is 5.16 Å². The minimum atomic E-state index is 0. The number of hydrogen-bond donors (Lipinski definition) is 1. The molecule has 0 radical (unpaired) electrons. The number of hydrogen-bond acceptors (Lipinski definition) is 6. The van der Waals surface area contributed by atoms with Gasteiger partial charge in [0.1, 0.15) is 12.4 Å². The molecule has 0 aliphatic rings. The maximum Gasteiger partial charge on any atom is 0.214 e. The van der Waals surface area contributed by atoms with Crippen LogP contribution in [-0.4, -0.2) is 32.5 Å². The molecule has 0 aliphatic heterocycles. The summed E-state index contributed by atoms with van der Waals surface area (Å²) in [4.78, 5) is 0. The van der Waals surface area contributed by atoms with Crippen LogP contribution in [0.4, 0.5) is 0 Å². The molecule has 178 valence electrons. The van der Waals surface area contributed by atoms with Crippen LogP contribution in [0.25, 0.3) is 5.69 Å². The van der Waals surface area contributed by atoms with E-state index in [4.69, 9.17) is 27.9 Å². The molecule has 4 aromatic rings. The lowest BCUT2D eigenvalue weighted by molar-refractivity contribution is 0.302. The molecular weight excluding hydrogens is 581 g/mol. The third-order valence-corrected chi connectivity index (χ3v) is 6.69. The van der Waals surface area contributed by atoms with Gasteiger partial charge >= 0.3 is 0 Å². The first-order valence-electron chi connectivity index (χ1n) is 10.1. The van der Waals surface area contributed by atoms with Gasteiger partial charge in [-0.1, -0.05) is 75.2 Å². The van der Waals surface area contributed by atoms with Gasteiger partial charge in [-0.25, -0.2) is 0 Å². The fourth-order valence-electron chi connectivity index (χ4n) is 3.06. The lowest BCUT2D eigenvalue weighted by Gasteiger charge is -2.14. The average Bonchev–Trinajstić information content (AvgIpc) is 3.28. The first kappa shape index (κ1) is 26.8. The topological polar surface area (TPSA) is 64.9 Å². The second-order valence-electron chi connectivity index (χ2n) is 7.01. The molecular formula is C23H21BrCl3N5OS. The largest absolute Gasteiger partial charge is 0.489 e. The molecule has 0 fully saturated rings. The number of nitrogens with one attached hydrogen (secondary N) is 1. The zero-order valence-electron chi connectivity index (χ0n) is 17.8. The maximum absolute atomic E-state index is 6.27. The molecule has 34 heavy (non-hydrogen) atoms. The monoisotopic (exact) mass is 599 g/mol. The van der Waals surface area contributed by atoms with Crippen LogP contribution in [0.2, 0.25) is 10.0 Å². The Bertz CT molecular complexity index is 1210. The van der Waals surface area contributed by atoms with Gasteiger partial charge in [-0.3, -0.25) is 0 Å². The number of benzene rings is 3. The summed E-state index contributed by atoms with van der Waals surface area (Å²) in [6, 6.07) is 21.2. The van der Waals surface area contributed by atoms with Crippen molar-refractivity contribution < 1.29 is 4.74 Å². The summed E-state index contributed by atoms with van der Waals surface area (Å²) in [7, 11) is 0. The number of rotatable bonds is 10. The normalized spacial score (nSPS) is 10.7. The Morgan fingerprint density at radius 1 is 1.00 bits per heavy atom.